The third-order valence-corrected chi connectivity index (χ3v) is 44.0. The van der Waals surface area contributed by atoms with Gasteiger partial charge in [0.05, 0.1) is 0 Å². The minimum Gasteiger partial charge on any atom is -0.0602 e. The van der Waals surface area contributed by atoms with Crippen molar-refractivity contribution in [2.45, 2.75) is 715 Å². The van der Waals surface area contributed by atoms with E-state index in [1.54, 1.807) is 212 Å². The molecule has 0 aromatic carbocycles. The molecule has 0 nitrogen and oxygen atoms in total. The molecular weight excluding hydrogens is 1770 g/mol. The van der Waals surface area contributed by atoms with Crippen LogP contribution < -0.4 is 0 Å². The van der Waals surface area contributed by atoms with Crippen molar-refractivity contribution in [2.24, 2.45) is 219 Å². The summed E-state index contributed by atoms with van der Waals surface area (Å²) in [5.41, 5.74) is 7.15. The smallest absolute Gasteiger partial charge is 0.0295 e. The SMILES string of the molecule is CC(C)(C)CC1CC2CCCC(CCC2)C1.CC(C)(C)CC1CC2CCCCC(C2)C1.CC(C)(C)CC1CC2CCCCC(CC2)C1.CC(C)(C)CC1CC2CCCCC(CCC2)C1.CC(C)(C)CC1CC2CCCCC1CC2.CC(C)(C)CC1CCC2(CCC2)C1.CC(C)(C)CC1CCC2(CCCC2)C1.CC(C)(C)CC1CCC2CC(C2)C1.CC(C)(C)CC1CCC2CC(C2)C1.CC(C)(C)CC1CCC2CCC(CC2)C1. The van der Waals surface area contributed by atoms with Gasteiger partial charge in [-0.2, -0.15) is 0 Å². The summed E-state index contributed by atoms with van der Waals surface area (Å²) in [6.07, 6.45) is 121. The maximum Gasteiger partial charge on any atom is -0.0295 e. The first kappa shape index (κ1) is 127. The molecule has 0 saturated heterocycles. The summed E-state index contributed by atoms with van der Waals surface area (Å²) in [6, 6.07) is 0. The summed E-state index contributed by atoms with van der Waals surface area (Å²) >= 11 is 0. The second kappa shape index (κ2) is 58.5. The first-order chi connectivity index (χ1) is 68.7. The van der Waals surface area contributed by atoms with Gasteiger partial charge in [0.25, 0.3) is 0 Å². The maximum atomic E-state index is 2.43. The molecule has 14 unspecified atom stereocenters. The molecule has 0 heteroatoms. The van der Waals surface area contributed by atoms with E-state index in [0.717, 1.165) is 165 Å². The van der Waals surface area contributed by atoms with Crippen LogP contribution in [0.3, 0.4) is 0 Å². The number of rotatable bonds is 10. The van der Waals surface area contributed by atoms with Crippen molar-refractivity contribution in [3.8, 4) is 0 Å². The van der Waals surface area contributed by atoms with Gasteiger partial charge in [-0.1, -0.05) is 471 Å². The van der Waals surface area contributed by atoms with Crippen LogP contribution in [0.2, 0.25) is 0 Å². The van der Waals surface area contributed by atoms with Gasteiger partial charge in [0.15, 0.2) is 0 Å². The van der Waals surface area contributed by atoms with E-state index in [-0.39, 0.29) is 0 Å². The molecule has 26 rings (SSSR count). The van der Waals surface area contributed by atoms with Crippen LogP contribution in [0.4, 0.5) is 0 Å². The van der Waals surface area contributed by atoms with E-state index < -0.39 is 0 Å². The lowest BCUT2D eigenvalue weighted by atomic mass is 9.64. The van der Waals surface area contributed by atoms with Crippen molar-refractivity contribution >= 4 is 0 Å². The molecule has 16 bridgehead atoms. The standard InChI is InChI=1S/C17H32.2C16H30.3C15H28.C14H26.3C13H24/c1-17(2,3)13-16-11-14-7-4-5-8-15(12-16)10-6-9-14;1-16(2,3)12-15-10-13-6-4-7-14(11-15)9-5-8-13;1-16(2,3)12-15-10-13-6-4-5-7-14(11-15)9-8-13;1-15(2,3)11-14-9-6-12-4-7-13(10-14)8-5-12;1-15(2,3)11-14-9-12-6-4-5-7-13(8-12)10-14;1-15(2,3)11-14-10-12-6-4-5-7-13(14)9-8-12;1-13(2,3)10-12-6-9-14(11-12)7-4-5-8-14;1-12(2,3)9-11-5-8-13(10-11)6-4-7-13;2*1-13(2,3)9-11-5-4-10-6-12(7-10)8-11/h14-16H,4-13H2,1-3H3;2*13-15H,4-12H2,1-3H3;3*12-14H,4-11H2,1-3H3;12H,4-11H2,1-3H3;11H,4-10H2,1-3H3;2*10-12H,4-9H2,1-3H3. The molecule has 0 N–H and O–H groups in total. The normalized spacial score (nSPS) is 36.4. The molecule has 26 fully saturated rings. The predicted molar refractivity (Wildman–Crippen MR) is 655 cm³/mol. The molecule has 2 spiro atoms. The van der Waals surface area contributed by atoms with Crippen molar-refractivity contribution in [2.75, 3.05) is 0 Å². The van der Waals surface area contributed by atoms with Gasteiger partial charge in [-0.3, -0.25) is 0 Å². The van der Waals surface area contributed by atoms with Gasteiger partial charge in [0.1, 0.15) is 0 Å². The lowest BCUT2D eigenvalue weighted by Gasteiger charge is -2.41. The lowest BCUT2D eigenvalue weighted by molar-refractivity contribution is 0.101. The van der Waals surface area contributed by atoms with E-state index in [9.17, 15) is 0 Å². The quantitative estimate of drug-likeness (QED) is 0.205. The van der Waals surface area contributed by atoms with Crippen molar-refractivity contribution in [1.82, 2.24) is 0 Å². The van der Waals surface area contributed by atoms with Gasteiger partial charge >= 0.3 is 0 Å². The molecule has 862 valence electrons. The molecule has 26 aliphatic carbocycles. The highest BCUT2D eigenvalue weighted by Crippen LogP contribution is 2.60. The van der Waals surface area contributed by atoms with Crippen LogP contribution in [0, 0.1) is 219 Å². The zero-order valence-electron chi connectivity index (χ0n) is 107. The zero-order chi connectivity index (χ0) is 107. The molecule has 0 aromatic heterocycles. The number of hydrogen-bond acceptors (Lipinski definition) is 0. The second-order valence-electron chi connectivity index (χ2n) is 72.5. The van der Waals surface area contributed by atoms with E-state index in [1.165, 1.54) is 295 Å². The molecule has 26 aliphatic rings. The van der Waals surface area contributed by atoms with Crippen molar-refractivity contribution in [1.29, 1.82) is 0 Å². The minimum absolute atomic E-state index is 0.535. The fraction of sp³-hybridized carbons (Fsp3) is 1.00. The first-order valence-corrected chi connectivity index (χ1v) is 68.7. The average Bonchev–Trinajstić information content (AvgIpc) is 1.59. The van der Waals surface area contributed by atoms with Gasteiger partial charge in [-0.15, -0.1) is 0 Å². The molecule has 0 aliphatic heterocycles. The third-order valence-electron chi connectivity index (χ3n) is 44.0. The Hall–Kier alpha value is 0. The van der Waals surface area contributed by atoms with Crippen LogP contribution in [0.25, 0.3) is 0 Å². The van der Waals surface area contributed by atoms with E-state index >= 15 is 0 Å². The topological polar surface area (TPSA) is 0 Å². The summed E-state index contributed by atoms with van der Waals surface area (Å²) in [6.45, 7) is 72.2. The monoisotopic (exact) mass is 2040 g/mol. The fourth-order valence-electron chi connectivity index (χ4n) is 38.9. The fourth-order valence-corrected chi connectivity index (χ4v) is 38.9. The molecule has 0 aromatic rings. The van der Waals surface area contributed by atoms with Crippen molar-refractivity contribution in [3.05, 3.63) is 0 Å². The molecule has 26 saturated carbocycles. The van der Waals surface area contributed by atoms with Crippen LogP contribution in [-0.2, 0) is 0 Å². The van der Waals surface area contributed by atoms with Gasteiger partial charge in [-0.25, -0.2) is 0 Å². The van der Waals surface area contributed by atoms with Crippen LogP contribution in [0.5, 0.6) is 0 Å². The zero-order valence-corrected chi connectivity index (χ0v) is 107. The van der Waals surface area contributed by atoms with Crippen LogP contribution in [0.1, 0.15) is 715 Å². The van der Waals surface area contributed by atoms with Gasteiger partial charge in [0.2, 0.25) is 0 Å². The third kappa shape index (κ3) is 51.7. The first-order valence-electron chi connectivity index (χ1n) is 68.7. The highest BCUT2D eigenvalue weighted by molar-refractivity contribution is 4.99. The van der Waals surface area contributed by atoms with Gasteiger partial charge in [-0.05, 0) is 463 Å². The predicted octanol–water partition coefficient (Wildman–Crippen LogP) is 49.4. The highest BCUT2D eigenvalue weighted by atomic mass is 14.5. The Labute approximate surface area is 927 Å². The number of hydrogen-bond donors (Lipinski definition) is 0. The molecule has 0 amide bonds. The Morgan fingerprint density at radius 3 is 0.626 bits per heavy atom. The van der Waals surface area contributed by atoms with Crippen molar-refractivity contribution in [3.63, 3.8) is 0 Å². The van der Waals surface area contributed by atoms with Crippen LogP contribution in [0.15, 0.2) is 0 Å². The summed E-state index contributed by atoms with van der Waals surface area (Å²) < 4.78 is 0. The minimum atomic E-state index is 0.535. The lowest BCUT2D eigenvalue weighted by Crippen LogP contribution is -2.30. The van der Waals surface area contributed by atoms with E-state index in [0.29, 0.717) is 54.1 Å². The molecule has 147 heavy (non-hydrogen) atoms. The second-order valence-corrected chi connectivity index (χ2v) is 72.5. The number of fused-ring (bicyclic) bond motifs is 34. The molecule has 14 atom stereocenters. The Bertz CT molecular complexity index is 3290. The van der Waals surface area contributed by atoms with Gasteiger partial charge < -0.3 is 0 Å². The summed E-state index contributed by atoms with van der Waals surface area (Å²) in [7, 11) is 0. The maximum absolute atomic E-state index is 2.43. The van der Waals surface area contributed by atoms with E-state index in [2.05, 4.69) is 208 Å². The largest absolute Gasteiger partial charge is 0.0602 e. The summed E-state index contributed by atoms with van der Waals surface area (Å²) in [5.74, 6) is 28.0. The van der Waals surface area contributed by atoms with Crippen LogP contribution in [-0.4, -0.2) is 0 Å². The molecule has 0 heterocycles. The summed E-state index contributed by atoms with van der Waals surface area (Å²) in [4.78, 5) is 0. The van der Waals surface area contributed by atoms with Crippen LogP contribution >= 0.6 is 0 Å². The van der Waals surface area contributed by atoms with Crippen molar-refractivity contribution < 1.29 is 0 Å². The van der Waals surface area contributed by atoms with Gasteiger partial charge in [0, 0.05) is 0 Å². The Kier molecular flexibility index (Phi) is 50.6. The highest BCUT2D eigenvalue weighted by Gasteiger charge is 2.47. The average molecular weight is 2040 g/mol. The molecular formula is C147H274. The summed E-state index contributed by atoms with van der Waals surface area (Å²) in [5, 5.41) is 0. The molecule has 0 radical (unpaired) electrons. The van der Waals surface area contributed by atoms with E-state index in [4.69, 9.17) is 0 Å². The Morgan fingerprint density at radius 2 is 0.327 bits per heavy atom. The Morgan fingerprint density at radius 1 is 0.129 bits per heavy atom. The van der Waals surface area contributed by atoms with E-state index in [1.807, 2.05) is 0 Å². The Balaban J connectivity index is 0.000000155.